The van der Waals surface area contributed by atoms with Crippen LogP contribution in [0.5, 0.6) is 0 Å². The fourth-order valence-corrected chi connectivity index (χ4v) is 4.55. The molecule has 0 bridgehead atoms. The molecule has 3 rings (SSSR count). The van der Waals surface area contributed by atoms with Gasteiger partial charge in [-0.25, -0.2) is 0 Å². The number of aromatic nitrogens is 1. The second kappa shape index (κ2) is 9.34. The van der Waals surface area contributed by atoms with Crippen LogP contribution in [0, 0.1) is 6.92 Å². The summed E-state index contributed by atoms with van der Waals surface area (Å²) in [5.74, 6) is 0.369. The first-order valence-corrected chi connectivity index (χ1v) is 11.6. The SMILES string of the molecule is CSCCn1c(C(=O)N2CCOCC2)c(-c2ccc(Cl)cc2)c(C)c1C(F)(F)P. The molecule has 1 aliphatic rings. The van der Waals surface area contributed by atoms with E-state index in [1.54, 1.807) is 57.1 Å². The Kier molecular flexibility index (Phi) is 7.26. The summed E-state index contributed by atoms with van der Waals surface area (Å²) in [4.78, 5) is 15.2. The van der Waals surface area contributed by atoms with Crippen molar-refractivity contribution in [1.29, 1.82) is 0 Å². The van der Waals surface area contributed by atoms with Crippen LogP contribution in [0.15, 0.2) is 24.3 Å². The fourth-order valence-electron chi connectivity index (χ4n) is 3.69. The Morgan fingerprint density at radius 2 is 1.90 bits per heavy atom. The molecule has 1 aliphatic heterocycles. The maximum atomic E-state index is 14.7. The smallest absolute Gasteiger partial charge is 0.298 e. The lowest BCUT2D eigenvalue weighted by atomic mass is 10.00. The summed E-state index contributed by atoms with van der Waals surface area (Å²) in [7, 11) is 1.62. The van der Waals surface area contributed by atoms with E-state index in [9.17, 15) is 13.6 Å². The van der Waals surface area contributed by atoms with Gasteiger partial charge >= 0.3 is 0 Å². The molecule has 158 valence electrons. The molecule has 29 heavy (non-hydrogen) atoms. The molecule has 1 amide bonds. The van der Waals surface area contributed by atoms with Gasteiger partial charge in [-0.3, -0.25) is 4.79 Å². The molecule has 0 radical (unpaired) electrons. The number of benzene rings is 1. The second-order valence-electron chi connectivity index (χ2n) is 6.88. The van der Waals surface area contributed by atoms with Crippen molar-refractivity contribution in [2.75, 3.05) is 38.3 Å². The van der Waals surface area contributed by atoms with Gasteiger partial charge in [0.05, 0.1) is 18.9 Å². The van der Waals surface area contributed by atoms with Crippen molar-refractivity contribution in [3.8, 4) is 11.1 Å². The Morgan fingerprint density at radius 3 is 2.45 bits per heavy atom. The summed E-state index contributed by atoms with van der Waals surface area (Å²) in [6, 6.07) is 6.95. The predicted molar refractivity (Wildman–Crippen MR) is 118 cm³/mol. The Labute approximate surface area is 181 Å². The molecule has 4 nitrogen and oxygen atoms in total. The number of nitrogens with zero attached hydrogens (tertiary/aromatic N) is 2. The summed E-state index contributed by atoms with van der Waals surface area (Å²) in [6.07, 6.45) is 1.92. The molecule has 1 aromatic heterocycles. The van der Waals surface area contributed by atoms with Gasteiger partial charge in [0.2, 0.25) is 0 Å². The van der Waals surface area contributed by atoms with Crippen LogP contribution in [-0.2, 0) is 16.9 Å². The summed E-state index contributed by atoms with van der Waals surface area (Å²) in [5.41, 5.74) is -1.35. The molecule has 0 spiro atoms. The van der Waals surface area contributed by atoms with E-state index in [0.29, 0.717) is 66.0 Å². The maximum Gasteiger partial charge on any atom is 0.298 e. The van der Waals surface area contributed by atoms with Crippen LogP contribution in [0.1, 0.15) is 21.7 Å². The normalized spacial score (nSPS) is 15.0. The standard InChI is InChI=1S/C20H24ClF2N2O2PS/c1-13-16(14-3-5-15(21)6-4-14)17(19(26)24-7-10-27-11-8-24)25(9-12-29-2)18(13)20(22,23)28/h3-6H,7-12,28H2,1-2H3. The average Bonchev–Trinajstić information content (AvgIpc) is 2.99. The van der Waals surface area contributed by atoms with Crippen LogP contribution in [0.25, 0.3) is 11.1 Å². The zero-order valence-corrected chi connectivity index (χ0v) is 19.1. The van der Waals surface area contributed by atoms with Crippen molar-refractivity contribution in [3.63, 3.8) is 0 Å². The van der Waals surface area contributed by atoms with Crippen molar-refractivity contribution < 1.29 is 18.3 Å². The van der Waals surface area contributed by atoms with E-state index in [4.69, 9.17) is 16.3 Å². The highest BCUT2D eigenvalue weighted by Crippen LogP contribution is 2.44. The Morgan fingerprint density at radius 1 is 1.28 bits per heavy atom. The number of ether oxygens (including phenoxy) is 1. The van der Waals surface area contributed by atoms with Crippen molar-refractivity contribution in [2.24, 2.45) is 0 Å². The number of amides is 1. The van der Waals surface area contributed by atoms with E-state index in [1.165, 1.54) is 4.57 Å². The van der Waals surface area contributed by atoms with E-state index in [-0.39, 0.29) is 11.6 Å². The van der Waals surface area contributed by atoms with Gasteiger partial charge in [0.1, 0.15) is 5.69 Å². The third-order valence-corrected chi connectivity index (χ3v) is 6.09. The van der Waals surface area contributed by atoms with Crippen molar-refractivity contribution >= 4 is 38.5 Å². The summed E-state index contributed by atoms with van der Waals surface area (Å²) < 4.78 is 36.2. The number of carbonyl (C=O) groups excluding carboxylic acids is 1. The van der Waals surface area contributed by atoms with Crippen LogP contribution in [-0.4, -0.2) is 53.7 Å². The quantitative estimate of drug-likeness (QED) is 0.576. The number of thioether (sulfide) groups is 1. The lowest BCUT2D eigenvalue weighted by Gasteiger charge is -2.28. The van der Waals surface area contributed by atoms with Crippen LogP contribution < -0.4 is 0 Å². The first-order chi connectivity index (χ1) is 13.8. The maximum absolute atomic E-state index is 14.7. The predicted octanol–water partition coefficient (Wildman–Crippen LogP) is 4.88. The number of hydrogen-bond acceptors (Lipinski definition) is 3. The molecule has 9 heteroatoms. The third kappa shape index (κ3) is 4.79. The number of morpholine rings is 1. The van der Waals surface area contributed by atoms with Crippen LogP contribution in [0.4, 0.5) is 8.78 Å². The fraction of sp³-hybridized carbons (Fsp3) is 0.450. The number of halogens is 3. The zero-order valence-electron chi connectivity index (χ0n) is 16.4. The van der Waals surface area contributed by atoms with Crippen molar-refractivity contribution in [1.82, 2.24) is 9.47 Å². The monoisotopic (exact) mass is 460 g/mol. The van der Waals surface area contributed by atoms with E-state index in [2.05, 4.69) is 0 Å². The van der Waals surface area contributed by atoms with Gasteiger partial charge in [-0.2, -0.15) is 20.5 Å². The van der Waals surface area contributed by atoms with E-state index in [1.807, 2.05) is 6.26 Å². The average molecular weight is 461 g/mol. The molecule has 2 heterocycles. The first kappa shape index (κ1) is 22.5. The molecular formula is C20H24ClF2N2O2PS. The second-order valence-corrected chi connectivity index (χ2v) is 9.02. The number of rotatable bonds is 6. The van der Waals surface area contributed by atoms with E-state index < -0.39 is 5.66 Å². The summed E-state index contributed by atoms with van der Waals surface area (Å²) in [6.45, 7) is 3.75. The number of carbonyl (C=O) groups is 1. The van der Waals surface area contributed by atoms with Gasteiger partial charge in [0.25, 0.3) is 11.6 Å². The number of hydrogen-bond donors (Lipinski definition) is 0. The first-order valence-electron chi connectivity index (χ1n) is 9.27. The van der Waals surface area contributed by atoms with Gasteiger partial charge in [0.15, 0.2) is 0 Å². The van der Waals surface area contributed by atoms with Crippen LogP contribution in [0.3, 0.4) is 0 Å². The topological polar surface area (TPSA) is 34.5 Å². The highest BCUT2D eigenvalue weighted by molar-refractivity contribution is 7.98. The van der Waals surface area contributed by atoms with Crippen molar-refractivity contribution in [2.45, 2.75) is 19.1 Å². The third-order valence-electron chi connectivity index (χ3n) is 4.98. The summed E-state index contributed by atoms with van der Waals surface area (Å²) in [5, 5.41) is 0.547. The van der Waals surface area contributed by atoms with E-state index >= 15 is 0 Å². The Hall–Kier alpha value is -1.14. The highest BCUT2D eigenvalue weighted by atomic mass is 35.5. The molecule has 0 aliphatic carbocycles. The minimum absolute atomic E-state index is 0.141. The molecule has 1 atom stereocenters. The molecule has 1 fully saturated rings. The van der Waals surface area contributed by atoms with Gasteiger partial charge in [-0.1, -0.05) is 33.0 Å². The minimum atomic E-state index is -3.16. The molecular weight excluding hydrogens is 437 g/mol. The Bertz CT molecular complexity index is 878. The molecule has 2 aromatic rings. The molecule has 0 N–H and O–H groups in total. The Balaban J connectivity index is 2.25. The van der Waals surface area contributed by atoms with Gasteiger partial charge in [-0.15, -0.1) is 0 Å². The lowest BCUT2D eigenvalue weighted by molar-refractivity contribution is 0.0294. The highest BCUT2D eigenvalue weighted by Gasteiger charge is 2.38. The summed E-state index contributed by atoms with van der Waals surface area (Å²) >= 11 is 7.57. The minimum Gasteiger partial charge on any atom is -0.378 e. The lowest BCUT2D eigenvalue weighted by Crippen LogP contribution is -2.41. The van der Waals surface area contributed by atoms with Gasteiger partial charge < -0.3 is 14.2 Å². The van der Waals surface area contributed by atoms with Crippen LogP contribution in [0.2, 0.25) is 5.02 Å². The van der Waals surface area contributed by atoms with E-state index in [0.717, 1.165) is 0 Å². The van der Waals surface area contributed by atoms with Crippen LogP contribution >= 0.6 is 32.6 Å². The zero-order chi connectivity index (χ0) is 21.2. The van der Waals surface area contributed by atoms with Crippen molar-refractivity contribution in [3.05, 3.63) is 46.2 Å². The van der Waals surface area contributed by atoms with Gasteiger partial charge in [-0.05, 0) is 36.4 Å². The molecule has 1 unspecified atom stereocenters. The largest absolute Gasteiger partial charge is 0.378 e. The molecule has 0 saturated carbocycles. The molecule has 1 aromatic carbocycles. The number of alkyl halides is 2. The van der Waals surface area contributed by atoms with Gasteiger partial charge in [0, 0.05) is 36.0 Å². The molecule has 1 saturated heterocycles.